The summed E-state index contributed by atoms with van der Waals surface area (Å²) in [5, 5.41) is 22.6. The van der Waals surface area contributed by atoms with Crippen molar-refractivity contribution in [2.75, 3.05) is 44.2 Å². The topological polar surface area (TPSA) is 86.5 Å². The number of benzene rings is 2. The Morgan fingerprint density at radius 2 is 1.97 bits per heavy atom. The van der Waals surface area contributed by atoms with Gasteiger partial charge in [0.15, 0.2) is 0 Å². The smallest absolute Gasteiger partial charge is 0.307 e. The predicted molar refractivity (Wildman–Crippen MR) is 136 cm³/mol. The number of piperazine rings is 1. The number of aliphatic carboxylic acids is 1. The first-order valence-electron chi connectivity index (χ1n) is 12.2. The first kappa shape index (κ1) is 23.8. The largest absolute Gasteiger partial charge is 0.481 e. The van der Waals surface area contributed by atoms with Crippen LogP contribution in [0.1, 0.15) is 29.2 Å². The molecule has 1 aromatic heterocycles. The van der Waals surface area contributed by atoms with E-state index in [9.17, 15) is 9.90 Å². The number of carbonyl (C=O) groups is 1. The van der Waals surface area contributed by atoms with Crippen LogP contribution >= 0.6 is 11.6 Å². The van der Waals surface area contributed by atoms with E-state index < -0.39 is 5.97 Å². The molecule has 5 rings (SSSR count). The van der Waals surface area contributed by atoms with Gasteiger partial charge >= 0.3 is 5.97 Å². The average molecular weight is 495 g/mol. The zero-order valence-corrected chi connectivity index (χ0v) is 20.7. The molecule has 2 fully saturated rings. The maximum Gasteiger partial charge on any atom is 0.307 e. The monoisotopic (exact) mass is 494 g/mol. The van der Waals surface area contributed by atoms with Crippen LogP contribution < -0.4 is 10.2 Å². The van der Waals surface area contributed by atoms with Crippen molar-refractivity contribution in [2.24, 2.45) is 5.92 Å². The molecule has 35 heavy (non-hydrogen) atoms. The molecule has 184 valence electrons. The van der Waals surface area contributed by atoms with Gasteiger partial charge in [-0.05, 0) is 55.3 Å². The van der Waals surface area contributed by atoms with Crippen molar-refractivity contribution in [3.05, 3.63) is 70.5 Å². The fourth-order valence-electron chi connectivity index (χ4n) is 5.07. The van der Waals surface area contributed by atoms with Crippen LogP contribution in [0.2, 0.25) is 5.02 Å². The van der Waals surface area contributed by atoms with E-state index in [0.29, 0.717) is 13.0 Å². The minimum absolute atomic E-state index is 0.0519. The molecule has 9 heteroatoms. The number of rotatable bonds is 6. The van der Waals surface area contributed by atoms with Crippen LogP contribution in [0.25, 0.3) is 5.69 Å². The number of nitrogens with one attached hydrogen (secondary N) is 1. The second-order valence-electron chi connectivity index (χ2n) is 9.49. The fraction of sp³-hybridized carbons (Fsp3) is 0.423. The van der Waals surface area contributed by atoms with Gasteiger partial charge in [-0.15, -0.1) is 5.10 Å². The highest BCUT2D eigenvalue weighted by Crippen LogP contribution is 2.31. The van der Waals surface area contributed by atoms with Crippen molar-refractivity contribution >= 4 is 23.3 Å². The fourth-order valence-corrected chi connectivity index (χ4v) is 5.25. The molecule has 3 aromatic rings. The number of piperidine rings is 1. The minimum Gasteiger partial charge on any atom is -0.481 e. The molecule has 8 nitrogen and oxygen atoms in total. The third-order valence-electron chi connectivity index (χ3n) is 7.18. The molecule has 2 N–H and O–H groups in total. The van der Waals surface area contributed by atoms with E-state index in [0.717, 1.165) is 66.8 Å². The van der Waals surface area contributed by atoms with Gasteiger partial charge in [0.2, 0.25) is 0 Å². The van der Waals surface area contributed by atoms with E-state index in [1.54, 1.807) is 4.68 Å². The first-order valence-corrected chi connectivity index (χ1v) is 12.5. The summed E-state index contributed by atoms with van der Waals surface area (Å²) < 4.78 is 1.79. The van der Waals surface area contributed by atoms with Gasteiger partial charge in [0.1, 0.15) is 0 Å². The Hall–Kier alpha value is -2.94. The Morgan fingerprint density at radius 1 is 1.14 bits per heavy atom. The molecule has 0 radical (unpaired) electrons. The third kappa shape index (κ3) is 5.34. The summed E-state index contributed by atoms with van der Waals surface area (Å²) >= 11 is 6.31. The zero-order valence-electron chi connectivity index (χ0n) is 19.9. The van der Waals surface area contributed by atoms with Crippen molar-refractivity contribution in [1.82, 2.24) is 25.2 Å². The second kappa shape index (κ2) is 10.4. The van der Waals surface area contributed by atoms with Crippen LogP contribution in [-0.2, 0) is 11.3 Å². The van der Waals surface area contributed by atoms with Gasteiger partial charge in [0.05, 0.1) is 23.5 Å². The van der Waals surface area contributed by atoms with Crippen molar-refractivity contribution in [3.63, 3.8) is 0 Å². The molecule has 2 aliphatic heterocycles. The maximum absolute atomic E-state index is 11.7. The molecule has 2 atom stereocenters. The molecule has 0 bridgehead atoms. The highest BCUT2D eigenvalue weighted by atomic mass is 35.5. The Bertz CT molecular complexity index is 1190. The van der Waals surface area contributed by atoms with Crippen LogP contribution in [0.15, 0.2) is 48.7 Å². The standard InChI is InChI=1S/C26H31ClN6O2/c1-18-5-6-21(14-25(18)27)32-11-9-31(10-12-32)16-20-17-33(30-29-20)22-4-2-3-19(13-22)24-15-28-8-7-23(24)26(34)35/h2-6,13-14,17,23-24,28H,7-12,15-16H2,1H3,(H,34,35)/t23-,24+/m1/s1. The van der Waals surface area contributed by atoms with E-state index in [2.05, 4.69) is 37.6 Å². The Balaban J connectivity index is 1.22. The number of nitrogens with zero attached hydrogens (tertiary/aromatic N) is 5. The lowest BCUT2D eigenvalue weighted by Gasteiger charge is -2.35. The lowest BCUT2D eigenvalue weighted by atomic mass is 9.81. The number of aromatic nitrogens is 3. The summed E-state index contributed by atoms with van der Waals surface area (Å²) in [7, 11) is 0. The molecule has 0 saturated carbocycles. The van der Waals surface area contributed by atoms with Gasteiger partial charge in [-0.2, -0.15) is 0 Å². The van der Waals surface area contributed by atoms with Gasteiger partial charge in [-0.3, -0.25) is 9.69 Å². The van der Waals surface area contributed by atoms with Crippen molar-refractivity contribution in [2.45, 2.75) is 25.8 Å². The molecule has 0 amide bonds. The summed E-state index contributed by atoms with van der Waals surface area (Å²) in [6, 6.07) is 14.3. The molecule has 0 spiro atoms. The molecule has 0 aliphatic carbocycles. The van der Waals surface area contributed by atoms with E-state index in [1.165, 1.54) is 5.69 Å². The summed E-state index contributed by atoms with van der Waals surface area (Å²) in [4.78, 5) is 16.5. The Labute approximate surface area is 210 Å². The van der Waals surface area contributed by atoms with Crippen LogP contribution in [0.3, 0.4) is 0 Å². The van der Waals surface area contributed by atoms with Gasteiger partial charge in [-0.25, -0.2) is 4.68 Å². The van der Waals surface area contributed by atoms with Gasteiger partial charge < -0.3 is 15.3 Å². The second-order valence-corrected chi connectivity index (χ2v) is 9.90. The lowest BCUT2D eigenvalue weighted by Crippen LogP contribution is -2.46. The van der Waals surface area contributed by atoms with Crippen molar-refractivity contribution in [1.29, 1.82) is 0 Å². The van der Waals surface area contributed by atoms with Crippen LogP contribution in [0.4, 0.5) is 5.69 Å². The Morgan fingerprint density at radius 3 is 2.74 bits per heavy atom. The van der Waals surface area contributed by atoms with Gasteiger partial charge in [-0.1, -0.05) is 35.0 Å². The normalized spacial score (nSPS) is 21.3. The van der Waals surface area contributed by atoms with Crippen molar-refractivity contribution in [3.8, 4) is 5.69 Å². The predicted octanol–water partition coefficient (Wildman–Crippen LogP) is 3.33. The van der Waals surface area contributed by atoms with E-state index in [4.69, 9.17) is 11.6 Å². The first-order chi connectivity index (χ1) is 17.0. The average Bonchev–Trinajstić information content (AvgIpc) is 3.35. The highest BCUT2D eigenvalue weighted by molar-refractivity contribution is 6.31. The van der Waals surface area contributed by atoms with E-state index in [-0.39, 0.29) is 11.8 Å². The SMILES string of the molecule is Cc1ccc(N2CCN(Cc3cn(-c4cccc([C@@H]5CNCC[C@H]5C(=O)O)c4)nn3)CC2)cc1Cl. The quantitative estimate of drug-likeness (QED) is 0.543. The van der Waals surface area contributed by atoms with Gasteiger partial charge in [0, 0.05) is 55.9 Å². The number of carboxylic acids is 1. The van der Waals surface area contributed by atoms with Crippen LogP contribution in [-0.4, -0.2) is 70.2 Å². The third-order valence-corrected chi connectivity index (χ3v) is 7.59. The molecular formula is C26H31ClN6O2. The minimum atomic E-state index is -0.726. The summed E-state index contributed by atoms with van der Waals surface area (Å²) in [6.45, 7) is 7.95. The van der Waals surface area contributed by atoms with E-state index in [1.807, 2.05) is 43.5 Å². The van der Waals surface area contributed by atoms with Gasteiger partial charge in [0.25, 0.3) is 0 Å². The summed E-state index contributed by atoms with van der Waals surface area (Å²) in [6.07, 6.45) is 2.61. The van der Waals surface area contributed by atoms with Crippen LogP contribution in [0.5, 0.6) is 0 Å². The molecule has 0 unspecified atom stereocenters. The number of hydrogen-bond acceptors (Lipinski definition) is 6. The Kier molecular flexibility index (Phi) is 7.04. The number of anilines is 1. The summed E-state index contributed by atoms with van der Waals surface area (Å²) in [5.41, 5.74) is 5.11. The molecular weight excluding hydrogens is 464 g/mol. The maximum atomic E-state index is 11.7. The lowest BCUT2D eigenvalue weighted by molar-refractivity contribution is -0.143. The van der Waals surface area contributed by atoms with E-state index >= 15 is 0 Å². The van der Waals surface area contributed by atoms with Crippen molar-refractivity contribution < 1.29 is 9.90 Å². The van der Waals surface area contributed by atoms with Crippen LogP contribution in [0, 0.1) is 12.8 Å². The number of halogens is 1. The number of carboxylic acid groups (broad SMARTS) is 1. The zero-order chi connectivity index (χ0) is 24.4. The molecule has 3 heterocycles. The number of aryl methyl sites for hydroxylation is 1. The molecule has 2 aromatic carbocycles. The molecule has 2 saturated heterocycles. The molecule has 2 aliphatic rings. The summed E-state index contributed by atoms with van der Waals surface area (Å²) in [5.74, 6) is -1.15. The highest BCUT2D eigenvalue weighted by Gasteiger charge is 2.32. The number of hydrogen-bond donors (Lipinski definition) is 2.